The van der Waals surface area contributed by atoms with Crippen LogP contribution in [0.1, 0.15) is 78.6 Å². The minimum absolute atomic E-state index is 0. The molecule has 0 bridgehead atoms. The standard InChI is InChI=1S/C8H18O.C7H14.H2O/c1-3-4-5-6-7-8(2)9;1-3-5-7-6-4-2;/h8-9H,3-7H2,1-2H3;3H,1,4-7H2,2H3;1H2. The van der Waals surface area contributed by atoms with E-state index in [4.69, 9.17) is 5.11 Å². The number of rotatable bonds is 9. The Morgan fingerprint density at radius 1 is 1.00 bits per heavy atom. The second-order valence-corrected chi connectivity index (χ2v) is 4.48. The molecular formula is C15H34O2. The van der Waals surface area contributed by atoms with E-state index in [9.17, 15) is 0 Å². The molecule has 0 aliphatic rings. The summed E-state index contributed by atoms with van der Waals surface area (Å²) in [7, 11) is 0. The number of hydrogen-bond acceptors (Lipinski definition) is 1. The molecule has 0 aromatic rings. The van der Waals surface area contributed by atoms with Gasteiger partial charge in [0, 0.05) is 0 Å². The summed E-state index contributed by atoms with van der Waals surface area (Å²) in [5.74, 6) is 0. The van der Waals surface area contributed by atoms with Crippen molar-refractivity contribution in [3.05, 3.63) is 12.7 Å². The molecule has 0 aliphatic carbocycles. The molecule has 0 fully saturated rings. The Hall–Kier alpha value is -0.340. The van der Waals surface area contributed by atoms with Crippen LogP contribution in [0.5, 0.6) is 0 Å². The van der Waals surface area contributed by atoms with Crippen LogP contribution in [0.25, 0.3) is 0 Å². The van der Waals surface area contributed by atoms with Crippen LogP contribution in [0.15, 0.2) is 12.7 Å². The fourth-order valence-electron chi connectivity index (χ4n) is 1.41. The van der Waals surface area contributed by atoms with E-state index < -0.39 is 0 Å². The third-order valence-corrected chi connectivity index (χ3v) is 2.49. The van der Waals surface area contributed by atoms with Crippen LogP contribution in [0.2, 0.25) is 0 Å². The first-order valence-corrected chi connectivity index (χ1v) is 6.97. The second-order valence-electron chi connectivity index (χ2n) is 4.48. The summed E-state index contributed by atoms with van der Waals surface area (Å²) in [5, 5.41) is 8.85. The largest absolute Gasteiger partial charge is 0.412 e. The lowest BCUT2D eigenvalue weighted by molar-refractivity contribution is 0.180. The zero-order valence-corrected chi connectivity index (χ0v) is 12.2. The monoisotopic (exact) mass is 246 g/mol. The average Bonchev–Trinajstić information content (AvgIpc) is 2.26. The van der Waals surface area contributed by atoms with Crippen LogP contribution in [0, 0.1) is 0 Å². The van der Waals surface area contributed by atoms with Crippen molar-refractivity contribution in [3.63, 3.8) is 0 Å². The number of hydrogen-bond donors (Lipinski definition) is 1. The van der Waals surface area contributed by atoms with E-state index in [1.165, 1.54) is 51.4 Å². The molecule has 0 aliphatic heterocycles. The van der Waals surface area contributed by atoms with E-state index in [-0.39, 0.29) is 11.6 Å². The molecule has 106 valence electrons. The molecule has 0 heterocycles. The molecule has 2 nitrogen and oxygen atoms in total. The van der Waals surface area contributed by atoms with E-state index in [2.05, 4.69) is 20.4 Å². The van der Waals surface area contributed by atoms with Crippen LogP contribution in [0.4, 0.5) is 0 Å². The summed E-state index contributed by atoms with van der Waals surface area (Å²) in [4.78, 5) is 0. The van der Waals surface area contributed by atoms with Gasteiger partial charge in [-0.1, -0.05) is 58.4 Å². The van der Waals surface area contributed by atoms with Crippen LogP contribution in [0.3, 0.4) is 0 Å². The molecule has 0 aromatic carbocycles. The van der Waals surface area contributed by atoms with Crippen molar-refractivity contribution in [1.82, 2.24) is 0 Å². The Kier molecular flexibility index (Phi) is 27.0. The van der Waals surface area contributed by atoms with Gasteiger partial charge in [0.1, 0.15) is 0 Å². The first-order valence-electron chi connectivity index (χ1n) is 6.97. The summed E-state index contributed by atoms with van der Waals surface area (Å²) < 4.78 is 0. The van der Waals surface area contributed by atoms with Gasteiger partial charge in [-0.15, -0.1) is 6.58 Å². The van der Waals surface area contributed by atoms with Gasteiger partial charge in [0.15, 0.2) is 0 Å². The number of aliphatic hydroxyl groups is 1. The van der Waals surface area contributed by atoms with Crippen molar-refractivity contribution in [2.45, 2.75) is 84.7 Å². The predicted molar refractivity (Wildman–Crippen MR) is 78.4 cm³/mol. The summed E-state index contributed by atoms with van der Waals surface area (Å²) in [6.45, 7) is 9.89. The van der Waals surface area contributed by atoms with Crippen molar-refractivity contribution in [2.24, 2.45) is 0 Å². The molecule has 0 rings (SSSR count). The zero-order valence-electron chi connectivity index (χ0n) is 12.2. The second kappa shape index (κ2) is 21.0. The normalized spacial score (nSPS) is 10.8. The smallest absolute Gasteiger partial charge is 0.0512 e. The van der Waals surface area contributed by atoms with Gasteiger partial charge in [-0.3, -0.25) is 0 Å². The highest BCUT2D eigenvalue weighted by molar-refractivity contribution is 4.64. The van der Waals surface area contributed by atoms with Gasteiger partial charge in [0.25, 0.3) is 0 Å². The quantitative estimate of drug-likeness (QED) is 0.479. The molecule has 0 spiro atoms. The minimum Gasteiger partial charge on any atom is -0.412 e. The van der Waals surface area contributed by atoms with Gasteiger partial charge in [0.05, 0.1) is 6.10 Å². The zero-order chi connectivity index (χ0) is 12.6. The van der Waals surface area contributed by atoms with E-state index >= 15 is 0 Å². The van der Waals surface area contributed by atoms with Gasteiger partial charge < -0.3 is 10.6 Å². The molecule has 0 radical (unpaired) electrons. The van der Waals surface area contributed by atoms with Crippen LogP contribution in [-0.4, -0.2) is 16.7 Å². The predicted octanol–water partition coefficient (Wildman–Crippen LogP) is 4.27. The third kappa shape index (κ3) is 31.3. The van der Waals surface area contributed by atoms with E-state index in [0.717, 1.165) is 6.42 Å². The molecule has 0 amide bonds. The number of unbranched alkanes of at least 4 members (excludes halogenated alkanes) is 6. The maximum atomic E-state index is 8.85. The minimum atomic E-state index is -0.0955. The molecule has 0 saturated heterocycles. The number of allylic oxidation sites excluding steroid dienone is 1. The SMILES string of the molecule is C=CCCCCC.CCCCCCC(C)O.O. The van der Waals surface area contributed by atoms with Gasteiger partial charge in [-0.05, 0) is 26.2 Å². The Labute approximate surface area is 108 Å². The molecule has 17 heavy (non-hydrogen) atoms. The fraction of sp³-hybridized carbons (Fsp3) is 0.867. The highest BCUT2D eigenvalue weighted by Gasteiger charge is 1.93. The lowest BCUT2D eigenvalue weighted by Crippen LogP contribution is -1.97. The van der Waals surface area contributed by atoms with E-state index in [1.54, 1.807) is 0 Å². The summed E-state index contributed by atoms with van der Waals surface area (Å²) in [6, 6.07) is 0. The third-order valence-electron chi connectivity index (χ3n) is 2.49. The van der Waals surface area contributed by atoms with Gasteiger partial charge in [-0.2, -0.15) is 0 Å². The van der Waals surface area contributed by atoms with Crippen molar-refractivity contribution in [2.75, 3.05) is 0 Å². The molecule has 1 unspecified atom stereocenters. The molecule has 0 saturated carbocycles. The molecule has 3 N–H and O–H groups in total. The highest BCUT2D eigenvalue weighted by atomic mass is 16.3. The first-order chi connectivity index (χ1) is 7.68. The maximum Gasteiger partial charge on any atom is 0.0512 e. The molecular weight excluding hydrogens is 212 g/mol. The van der Waals surface area contributed by atoms with Crippen molar-refractivity contribution in [1.29, 1.82) is 0 Å². The Morgan fingerprint density at radius 2 is 1.53 bits per heavy atom. The van der Waals surface area contributed by atoms with E-state index in [0.29, 0.717) is 0 Å². The lowest BCUT2D eigenvalue weighted by Gasteiger charge is -2.01. The average molecular weight is 246 g/mol. The van der Waals surface area contributed by atoms with Crippen molar-refractivity contribution >= 4 is 0 Å². The van der Waals surface area contributed by atoms with Gasteiger partial charge in [-0.25, -0.2) is 0 Å². The lowest BCUT2D eigenvalue weighted by atomic mass is 10.1. The fourth-order valence-corrected chi connectivity index (χ4v) is 1.41. The molecule has 2 heteroatoms. The van der Waals surface area contributed by atoms with Gasteiger partial charge >= 0.3 is 0 Å². The Bertz CT molecular complexity index is 122. The summed E-state index contributed by atoms with van der Waals surface area (Å²) in [6.07, 6.45) is 13.1. The topological polar surface area (TPSA) is 51.7 Å². The van der Waals surface area contributed by atoms with Crippen molar-refractivity contribution < 1.29 is 10.6 Å². The van der Waals surface area contributed by atoms with Crippen LogP contribution in [-0.2, 0) is 0 Å². The summed E-state index contributed by atoms with van der Waals surface area (Å²) >= 11 is 0. The van der Waals surface area contributed by atoms with E-state index in [1.807, 2.05) is 13.0 Å². The molecule has 0 aromatic heterocycles. The molecule has 1 atom stereocenters. The first kappa shape index (κ1) is 21.9. The van der Waals surface area contributed by atoms with Crippen molar-refractivity contribution in [3.8, 4) is 0 Å². The summed E-state index contributed by atoms with van der Waals surface area (Å²) in [5.41, 5.74) is 0. The highest BCUT2D eigenvalue weighted by Crippen LogP contribution is 2.04. The van der Waals surface area contributed by atoms with Crippen LogP contribution < -0.4 is 0 Å². The number of aliphatic hydroxyl groups excluding tert-OH is 1. The van der Waals surface area contributed by atoms with Gasteiger partial charge in [0.2, 0.25) is 0 Å². The maximum absolute atomic E-state index is 8.85. The van der Waals surface area contributed by atoms with Crippen LogP contribution >= 0.6 is 0 Å². The Balaban J connectivity index is -0.000000224. The Morgan fingerprint density at radius 3 is 1.94 bits per heavy atom.